The molecule has 1 aromatic carbocycles. The molecule has 0 saturated heterocycles. The average Bonchev–Trinajstić information content (AvgIpc) is 2.67. The zero-order valence-corrected chi connectivity index (χ0v) is 18.1. The van der Waals surface area contributed by atoms with Crippen LogP contribution < -0.4 is 16.0 Å². The summed E-state index contributed by atoms with van der Waals surface area (Å²) in [5.74, 6) is -0.114. The average molecular weight is 468 g/mol. The molecule has 0 fully saturated rings. The summed E-state index contributed by atoms with van der Waals surface area (Å²) >= 11 is 2.17. The van der Waals surface area contributed by atoms with Crippen LogP contribution in [0.3, 0.4) is 0 Å². The zero-order chi connectivity index (χ0) is 19.9. The fraction of sp³-hybridized carbons (Fsp3) is 0.300. The lowest BCUT2D eigenvalue weighted by Gasteiger charge is -2.06. The van der Waals surface area contributed by atoms with E-state index in [2.05, 4.69) is 45.1 Å². The van der Waals surface area contributed by atoms with E-state index in [0.717, 1.165) is 15.8 Å². The number of hydrogen-bond acceptors (Lipinski definition) is 4. The summed E-state index contributed by atoms with van der Waals surface area (Å²) in [6.45, 7) is 11.1. The minimum absolute atomic E-state index is 0.114. The molecule has 1 amide bonds. The number of amides is 1. The van der Waals surface area contributed by atoms with Crippen LogP contribution in [0.15, 0.2) is 58.5 Å². The maximum absolute atomic E-state index is 11.9. The van der Waals surface area contributed by atoms with Gasteiger partial charge in [-0.3, -0.25) is 4.79 Å². The van der Waals surface area contributed by atoms with Crippen molar-refractivity contribution in [3.05, 3.63) is 69.6 Å². The molecule has 1 rings (SSSR count). The lowest BCUT2D eigenvalue weighted by Crippen LogP contribution is -2.30. The van der Waals surface area contributed by atoms with Gasteiger partial charge in [-0.15, -0.1) is 0 Å². The number of rotatable bonds is 9. The molecule has 6 heteroatoms. The first-order valence-corrected chi connectivity index (χ1v) is 9.63. The smallest absolute Gasteiger partial charge is 0.251 e. The molecule has 0 spiro atoms. The van der Waals surface area contributed by atoms with E-state index in [1.54, 1.807) is 36.4 Å². The number of halogens is 1. The van der Waals surface area contributed by atoms with E-state index in [9.17, 15) is 4.79 Å². The van der Waals surface area contributed by atoms with Crippen molar-refractivity contribution < 1.29 is 4.79 Å². The third-order valence-electron chi connectivity index (χ3n) is 3.10. The van der Waals surface area contributed by atoms with Crippen molar-refractivity contribution in [3.8, 4) is 0 Å². The fourth-order valence-electron chi connectivity index (χ4n) is 1.75. The molecule has 0 heterocycles. The second kappa shape index (κ2) is 14.3. The van der Waals surface area contributed by atoms with Gasteiger partial charge in [-0.25, -0.2) is 0 Å². The van der Waals surface area contributed by atoms with Gasteiger partial charge in [0, 0.05) is 24.4 Å². The Bertz CT molecular complexity index is 648. The molecule has 0 aromatic heterocycles. The number of benzene rings is 1. The molecule has 142 valence electrons. The number of hydrogen-bond donors (Lipinski definition) is 4. The Morgan fingerprint density at radius 1 is 1.15 bits per heavy atom. The van der Waals surface area contributed by atoms with Crippen molar-refractivity contribution in [2.45, 2.75) is 20.8 Å². The molecule has 0 radical (unpaired) electrons. The van der Waals surface area contributed by atoms with Crippen molar-refractivity contribution in [2.24, 2.45) is 0 Å². The Balaban J connectivity index is 0.00000301. The molecule has 0 saturated carbocycles. The first kappa shape index (κ1) is 24.1. The number of likely N-dealkylation sites (N-methyl/N-ethyl adjacent to an activating group) is 1. The minimum Gasteiger partial charge on any atom is -0.351 e. The van der Waals surface area contributed by atoms with Crippen LogP contribution in [0.2, 0.25) is 0 Å². The SMILES string of the molecule is C=C(/C=C\C(=N)c1ccc(C(=O)NCCNC)cc1)N/C(I)=C\C.CC. The third-order valence-corrected chi connectivity index (χ3v) is 4.00. The molecule has 4 N–H and O–H groups in total. The highest BCUT2D eigenvalue weighted by molar-refractivity contribution is 14.1. The lowest BCUT2D eigenvalue weighted by atomic mass is 10.1. The summed E-state index contributed by atoms with van der Waals surface area (Å²) in [5.41, 5.74) is 2.39. The van der Waals surface area contributed by atoms with Gasteiger partial charge in [0.05, 0.1) is 9.42 Å². The van der Waals surface area contributed by atoms with Gasteiger partial charge in [-0.2, -0.15) is 0 Å². The van der Waals surface area contributed by atoms with Crippen molar-refractivity contribution in [1.29, 1.82) is 5.41 Å². The predicted octanol–water partition coefficient (Wildman–Crippen LogP) is 3.99. The van der Waals surface area contributed by atoms with Crippen LogP contribution in [-0.4, -0.2) is 31.8 Å². The lowest BCUT2D eigenvalue weighted by molar-refractivity contribution is 0.0954. The summed E-state index contributed by atoms with van der Waals surface area (Å²) in [7, 11) is 1.84. The van der Waals surface area contributed by atoms with E-state index in [0.29, 0.717) is 23.5 Å². The largest absolute Gasteiger partial charge is 0.351 e. The maximum atomic E-state index is 11.9. The minimum atomic E-state index is -0.114. The van der Waals surface area contributed by atoms with Gasteiger partial charge < -0.3 is 21.4 Å². The Morgan fingerprint density at radius 3 is 2.27 bits per heavy atom. The summed E-state index contributed by atoms with van der Waals surface area (Å²) in [6.07, 6.45) is 5.37. The van der Waals surface area contributed by atoms with Gasteiger partial charge in [0.1, 0.15) is 0 Å². The number of allylic oxidation sites excluding steroid dienone is 3. The number of carbonyl (C=O) groups excluding carboxylic acids is 1. The van der Waals surface area contributed by atoms with E-state index in [4.69, 9.17) is 5.41 Å². The highest BCUT2D eigenvalue weighted by Crippen LogP contribution is 2.08. The van der Waals surface area contributed by atoms with Crippen LogP contribution in [0.1, 0.15) is 36.7 Å². The maximum Gasteiger partial charge on any atom is 0.251 e. The van der Waals surface area contributed by atoms with Crippen LogP contribution in [0, 0.1) is 5.41 Å². The standard InChI is InChI=1S/C18H23IN4O.C2H6/c1-4-17(19)23-13(2)5-10-16(20)14-6-8-15(9-7-14)18(24)22-12-11-21-3;1-2/h4-10,20-21,23H,2,11-12H2,1,3H3,(H,22,24);1-2H3/b10-5-,17-4-,20-16?;. The molecular formula is C20H29IN4O. The molecule has 0 aliphatic carbocycles. The molecular weight excluding hydrogens is 439 g/mol. The second-order valence-electron chi connectivity index (χ2n) is 4.97. The Morgan fingerprint density at radius 2 is 1.73 bits per heavy atom. The van der Waals surface area contributed by atoms with Crippen LogP contribution >= 0.6 is 22.6 Å². The summed E-state index contributed by atoms with van der Waals surface area (Å²) < 4.78 is 0.974. The van der Waals surface area contributed by atoms with Gasteiger partial charge in [0.15, 0.2) is 0 Å². The topological polar surface area (TPSA) is 77.0 Å². The molecule has 0 bridgehead atoms. The quantitative estimate of drug-likeness (QED) is 0.146. The fourth-order valence-corrected chi connectivity index (χ4v) is 2.10. The third kappa shape index (κ3) is 9.53. The van der Waals surface area contributed by atoms with Gasteiger partial charge in [-0.1, -0.05) is 38.6 Å². The summed E-state index contributed by atoms with van der Waals surface area (Å²) in [5, 5.41) is 17.0. The van der Waals surface area contributed by atoms with E-state index in [1.807, 2.05) is 33.9 Å². The molecule has 0 aliphatic heterocycles. The Kier molecular flexibility index (Phi) is 13.2. The number of nitrogens with one attached hydrogen (secondary N) is 4. The molecule has 0 aliphatic rings. The van der Waals surface area contributed by atoms with Gasteiger partial charge >= 0.3 is 0 Å². The second-order valence-corrected chi connectivity index (χ2v) is 6.13. The highest BCUT2D eigenvalue weighted by atomic mass is 127. The monoisotopic (exact) mass is 468 g/mol. The highest BCUT2D eigenvalue weighted by Gasteiger charge is 2.05. The zero-order valence-electron chi connectivity index (χ0n) is 15.9. The van der Waals surface area contributed by atoms with Crippen LogP contribution in [0.5, 0.6) is 0 Å². The van der Waals surface area contributed by atoms with E-state index < -0.39 is 0 Å². The van der Waals surface area contributed by atoms with Crippen molar-refractivity contribution in [3.63, 3.8) is 0 Å². The van der Waals surface area contributed by atoms with Gasteiger partial charge in [-0.05, 0) is 66.4 Å². The number of carbonyl (C=O) groups is 1. The first-order valence-electron chi connectivity index (χ1n) is 8.55. The molecule has 26 heavy (non-hydrogen) atoms. The van der Waals surface area contributed by atoms with Crippen LogP contribution in [0.25, 0.3) is 0 Å². The van der Waals surface area contributed by atoms with E-state index >= 15 is 0 Å². The van der Waals surface area contributed by atoms with Gasteiger partial charge in [0.2, 0.25) is 0 Å². The van der Waals surface area contributed by atoms with Crippen molar-refractivity contribution >= 4 is 34.2 Å². The molecule has 5 nitrogen and oxygen atoms in total. The van der Waals surface area contributed by atoms with Crippen LogP contribution in [0.4, 0.5) is 0 Å². The van der Waals surface area contributed by atoms with Crippen molar-refractivity contribution in [1.82, 2.24) is 16.0 Å². The molecule has 1 aromatic rings. The molecule has 0 unspecified atom stereocenters. The summed E-state index contributed by atoms with van der Waals surface area (Å²) in [6, 6.07) is 6.99. The van der Waals surface area contributed by atoms with E-state index in [1.165, 1.54) is 0 Å². The van der Waals surface area contributed by atoms with Gasteiger partial charge in [0.25, 0.3) is 5.91 Å². The Labute approximate surface area is 170 Å². The molecule has 0 atom stereocenters. The van der Waals surface area contributed by atoms with E-state index in [-0.39, 0.29) is 5.91 Å². The Hall–Kier alpha value is -1.93. The first-order chi connectivity index (χ1) is 12.5. The van der Waals surface area contributed by atoms with Crippen LogP contribution in [-0.2, 0) is 0 Å². The predicted molar refractivity (Wildman–Crippen MR) is 120 cm³/mol. The van der Waals surface area contributed by atoms with Crippen molar-refractivity contribution in [2.75, 3.05) is 20.1 Å². The summed E-state index contributed by atoms with van der Waals surface area (Å²) in [4.78, 5) is 11.9. The normalized spacial score (nSPS) is 10.7.